The normalized spacial score (nSPS) is 59.2. The summed E-state index contributed by atoms with van der Waals surface area (Å²) in [5.74, 6) is 1.42. The van der Waals surface area contributed by atoms with Crippen LogP contribution in [0.2, 0.25) is 0 Å². The van der Waals surface area contributed by atoms with Gasteiger partial charge in [0, 0.05) is 6.04 Å². The van der Waals surface area contributed by atoms with Gasteiger partial charge >= 0.3 is 0 Å². The second-order valence-electron chi connectivity index (χ2n) is 9.52. The first-order chi connectivity index (χ1) is 10.8. The number of aliphatic hydroxyl groups excluding tert-OH is 2. The Morgan fingerprint density at radius 2 is 1.74 bits per heavy atom. The second-order valence-corrected chi connectivity index (χ2v) is 9.52. The molecule has 130 valence electrons. The number of hydrogen-bond acceptors (Lipinski definition) is 3. The maximum Gasteiger partial charge on any atom is 0.0836 e. The zero-order chi connectivity index (χ0) is 16.6. The van der Waals surface area contributed by atoms with Crippen LogP contribution in [-0.4, -0.2) is 28.5 Å². The molecule has 4 aliphatic rings. The van der Waals surface area contributed by atoms with Gasteiger partial charge in [-0.05, 0) is 79.4 Å². The van der Waals surface area contributed by atoms with E-state index in [9.17, 15) is 10.2 Å². The van der Waals surface area contributed by atoms with E-state index in [1.54, 1.807) is 0 Å². The van der Waals surface area contributed by atoms with Crippen molar-refractivity contribution in [1.82, 2.24) is 0 Å². The molecule has 3 heteroatoms. The first kappa shape index (κ1) is 16.1. The van der Waals surface area contributed by atoms with Crippen molar-refractivity contribution in [3.8, 4) is 0 Å². The van der Waals surface area contributed by atoms with Crippen LogP contribution in [0.4, 0.5) is 0 Å². The highest BCUT2D eigenvalue weighted by Gasteiger charge is 2.63. The van der Waals surface area contributed by atoms with Crippen LogP contribution in [0.5, 0.6) is 0 Å². The van der Waals surface area contributed by atoms with Crippen LogP contribution in [0.15, 0.2) is 12.2 Å². The quantitative estimate of drug-likeness (QED) is 0.602. The summed E-state index contributed by atoms with van der Waals surface area (Å²) in [5, 5.41) is 22.0. The van der Waals surface area contributed by atoms with E-state index >= 15 is 0 Å². The van der Waals surface area contributed by atoms with E-state index in [2.05, 4.69) is 20.4 Å². The standard InChI is InChI=1S/C20H33NO2/c1-11-4-5-13-16-14(7-9-19(11,13)2)20(3)8-6-12(21)10-15(20)17(22)18(16)23/h12-18,22-23H,1,4-10,21H2,2-3H3/t12-,13?,14?,15?,16?,17-,18?,19-,20-/m1/s1. The van der Waals surface area contributed by atoms with E-state index in [-0.39, 0.29) is 28.7 Å². The molecule has 0 aromatic rings. The summed E-state index contributed by atoms with van der Waals surface area (Å²) in [6.45, 7) is 9.07. The fourth-order valence-corrected chi connectivity index (χ4v) is 7.20. The third kappa shape index (κ3) is 1.99. The smallest absolute Gasteiger partial charge is 0.0836 e. The molecule has 0 spiro atoms. The molecule has 4 saturated carbocycles. The second kappa shape index (κ2) is 5.06. The third-order valence-corrected chi connectivity index (χ3v) is 8.75. The van der Waals surface area contributed by atoms with Crippen molar-refractivity contribution in [2.24, 2.45) is 40.2 Å². The molecule has 3 nitrogen and oxygen atoms in total. The molecule has 0 aromatic heterocycles. The molecule has 4 rings (SSSR count). The predicted molar refractivity (Wildman–Crippen MR) is 91.6 cm³/mol. The van der Waals surface area contributed by atoms with Gasteiger partial charge in [-0.25, -0.2) is 0 Å². The number of aliphatic hydroxyl groups is 2. The zero-order valence-electron chi connectivity index (χ0n) is 14.7. The van der Waals surface area contributed by atoms with Gasteiger partial charge in [-0.15, -0.1) is 0 Å². The lowest BCUT2D eigenvalue weighted by Gasteiger charge is -2.63. The topological polar surface area (TPSA) is 66.5 Å². The lowest BCUT2D eigenvalue weighted by atomic mass is 9.43. The number of hydrogen-bond donors (Lipinski definition) is 3. The minimum atomic E-state index is -0.608. The summed E-state index contributed by atoms with van der Waals surface area (Å²) in [6, 6.07) is 0.187. The summed E-state index contributed by atoms with van der Waals surface area (Å²) in [4.78, 5) is 0. The first-order valence-corrected chi connectivity index (χ1v) is 9.59. The lowest BCUT2D eigenvalue weighted by Crippen LogP contribution is -2.64. The van der Waals surface area contributed by atoms with Crippen molar-refractivity contribution in [2.75, 3.05) is 0 Å². The summed E-state index contributed by atoms with van der Waals surface area (Å²) in [5.41, 5.74) is 7.89. The molecule has 0 radical (unpaired) electrons. The minimum Gasteiger partial charge on any atom is -0.390 e. The van der Waals surface area contributed by atoms with E-state index in [1.165, 1.54) is 18.4 Å². The highest BCUT2D eigenvalue weighted by atomic mass is 16.3. The van der Waals surface area contributed by atoms with Crippen LogP contribution in [0.1, 0.15) is 58.8 Å². The SMILES string of the molecule is C=C1CCC2C3C(O)[C@H](O)C4C[C@H](N)CC[C@]4(C)C3CC[C@]12C. The molecular weight excluding hydrogens is 286 g/mol. The van der Waals surface area contributed by atoms with Gasteiger partial charge in [0.25, 0.3) is 0 Å². The Morgan fingerprint density at radius 3 is 2.48 bits per heavy atom. The summed E-state index contributed by atoms with van der Waals surface area (Å²) in [6.07, 6.45) is 6.45. The lowest BCUT2D eigenvalue weighted by molar-refractivity contribution is -0.210. The van der Waals surface area contributed by atoms with E-state index in [4.69, 9.17) is 5.73 Å². The Bertz CT molecular complexity index is 520. The van der Waals surface area contributed by atoms with Gasteiger partial charge in [-0.1, -0.05) is 26.0 Å². The zero-order valence-corrected chi connectivity index (χ0v) is 14.7. The monoisotopic (exact) mass is 319 g/mol. The molecular formula is C20H33NO2. The van der Waals surface area contributed by atoms with E-state index in [0.717, 1.165) is 32.1 Å². The van der Waals surface area contributed by atoms with Gasteiger partial charge in [0.1, 0.15) is 0 Å². The van der Waals surface area contributed by atoms with Crippen molar-refractivity contribution in [2.45, 2.75) is 77.0 Å². The van der Waals surface area contributed by atoms with Gasteiger partial charge in [0.15, 0.2) is 0 Å². The van der Waals surface area contributed by atoms with Crippen LogP contribution in [0.3, 0.4) is 0 Å². The van der Waals surface area contributed by atoms with E-state index < -0.39 is 12.2 Å². The fourth-order valence-electron chi connectivity index (χ4n) is 7.20. The summed E-state index contributed by atoms with van der Waals surface area (Å²) >= 11 is 0. The number of fused-ring (bicyclic) bond motifs is 5. The Morgan fingerprint density at radius 1 is 1.00 bits per heavy atom. The molecule has 4 N–H and O–H groups in total. The molecule has 0 amide bonds. The largest absolute Gasteiger partial charge is 0.390 e. The molecule has 4 aliphatic carbocycles. The molecule has 5 unspecified atom stereocenters. The van der Waals surface area contributed by atoms with Crippen LogP contribution >= 0.6 is 0 Å². The minimum absolute atomic E-state index is 0.143. The molecule has 23 heavy (non-hydrogen) atoms. The summed E-state index contributed by atoms with van der Waals surface area (Å²) in [7, 11) is 0. The Labute approximate surface area is 140 Å². The average molecular weight is 319 g/mol. The van der Waals surface area contributed by atoms with Crippen molar-refractivity contribution in [3.63, 3.8) is 0 Å². The van der Waals surface area contributed by atoms with Gasteiger partial charge in [0.05, 0.1) is 12.2 Å². The predicted octanol–water partition coefficient (Wildman–Crippen LogP) is 2.85. The average Bonchev–Trinajstić information content (AvgIpc) is 2.82. The molecule has 4 fully saturated rings. The van der Waals surface area contributed by atoms with Crippen LogP contribution in [-0.2, 0) is 0 Å². The van der Waals surface area contributed by atoms with Crippen molar-refractivity contribution in [1.29, 1.82) is 0 Å². The molecule has 9 atom stereocenters. The number of nitrogens with two attached hydrogens (primary N) is 1. The molecule has 0 heterocycles. The van der Waals surface area contributed by atoms with E-state index in [1.807, 2.05) is 0 Å². The highest BCUT2D eigenvalue weighted by Crippen LogP contribution is 2.66. The highest BCUT2D eigenvalue weighted by molar-refractivity contribution is 5.23. The summed E-state index contributed by atoms with van der Waals surface area (Å²) < 4.78 is 0. The van der Waals surface area contributed by atoms with Crippen LogP contribution < -0.4 is 5.73 Å². The fraction of sp³-hybridized carbons (Fsp3) is 0.900. The Hall–Kier alpha value is -0.380. The van der Waals surface area contributed by atoms with Crippen LogP contribution in [0, 0.1) is 34.5 Å². The molecule has 0 aromatic carbocycles. The number of allylic oxidation sites excluding steroid dienone is 1. The maximum atomic E-state index is 11.0. The third-order valence-electron chi connectivity index (χ3n) is 8.75. The molecule has 0 saturated heterocycles. The Kier molecular flexibility index (Phi) is 3.54. The van der Waals surface area contributed by atoms with Gasteiger partial charge in [0.2, 0.25) is 0 Å². The van der Waals surface area contributed by atoms with Crippen LogP contribution in [0.25, 0.3) is 0 Å². The first-order valence-electron chi connectivity index (χ1n) is 9.59. The van der Waals surface area contributed by atoms with E-state index in [0.29, 0.717) is 11.8 Å². The Balaban J connectivity index is 1.73. The molecule has 0 bridgehead atoms. The van der Waals surface area contributed by atoms with Gasteiger partial charge in [-0.3, -0.25) is 0 Å². The maximum absolute atomic E-state index is 11.0. The van der Waals surface area contributed by atoms with Crippen molar-refractivity contribution < 1.29 is 10.2 Å². The molecule has 0 aliphatic heterocycles. The van der Waals surface area contributed by atoms with Gasteiger partial charge in [-0.2, -0.15) is 0 Å². The van der Waals surface area contributed by atoms with Crippen molar-refractivity contribution in [3.05, 3.63) is 12.2 Å². The number of rotatable bonds is 0. The van der Waals surface area contributed by atoms with Gasteiger partial charge < -0.3 is 15.9 Å². The van der Waals surface area contributed by atoms with Crippen molar-refractivity contribution >= 4 is 0 Å².